The number of carbonyl (C=O) groups is 1. The normalized spacial score (nSPS) is 10.1. The molecule has 9 heteroatoms. The van der Waals surface area contributed by atoms with Crippen LogP contribution in [-0.2, 0) is 4.74 Å². The summed E-state index contributed by atoms with van der Waals surface area (Å²) >= 11 is 0. The lowest BCUT2D eigenvalue weighted by molar-refractivity contribution is 0.146. The molecule has 3 aromatic rings. The summed E-state index contributed by atoms with van der Waals surface area (Å²) in [5, 5.41) is 14.2. The molecule has 0 unspecified atom stereocenters. The number of nitrogens with one attached hydrogen (secondary N) is 2. The summed E-state index contributed by atoms with van der Waals surface area (Å²) in [7, 11) is 1.59. The van der Waals surface area contributed by atoms with Crippen molar-refractivity contribution in [2.45, 2.75) is 0 Å². The third-order valence-electron chi connectivity index (χ3n) is 3.59. The monoisotopic (exact) mass is 379 g/mol. The van der Waals surface area contributed by atoms with Gasteiger partial charge in [0.25, 0.3) is 0 Å². The lowest BCUT2D eigenvalue weighted by Gasteiger charge is -2.12. The van der Waals surface area contributed by atoms with Gasteiger partial charge in [-0.1, -0.05) is 0 Å². The van der Waals surface area contributed by atoms with Crippen LogP contribution >= 0.6 is 0 Å². The third-order valence-corrected chi connectivity index (χ3v) is 3.59. The molecule has 142 valence electrons. The van der Waals surface area contributed by atoms with Gasteiger partial charge < -0.3 is 24.5 Å². The smallest absolute Gasteiger partial charge is 0.323 e. The Morgan fingerprint density at radius 3 is 2.79 bits per heavy atom. The van der Waals surface area contributed by atoms with E-state index in [0.29, 0.717) is 41.8 Å². The Morgan fingerprint density at radius 2 is 2.11 bits per heavy atom. The zero-order valence-corrected chi connectivity index (χ0v) is 15.0. The maximum absolute atomic E-state index is 12.3. The van der Waals surface area contributed by atoms with Crippen LogP contribution in [0.4, 0.5) is 16.2 Å². The van der Waals surface area contributed by atoms with Crippen molar-refractivity contribution in [1.82, 2.24) is 9.97 Å². The third kappa shape index (κ3) is 4.84. The van der Waals surface area contributed by atoms with Crippen molar-refractivity contribution in [2.24, 2.45) is 0 Å². The number of pyridine rings is 1. The largest absolute Gasteiger partial charge is 0.491 e. The van der Waals surface area contributed by atoms with E-state index in [1.807, 2.05) is 6.07 Å². The van der Waals surface area contributed by atoms with Crippen molar-refractivity contribution >= 4 is 17.4 Å². The van der Waals surface area contributed by atoms with Gasteiger partial charge in [-0.2, -0.15) is 5.26 Å². The molecule has 0 radical (unpaired) electrons. The predicted molar refractivity (Wildman–Crippen MR) is 101 cm³/mol. The molecule has 0 fully saturated rings. The Balaban J connectivity index is 1.76. The van der Waals surface area contributed by atoms with E-state index < -0.39 is 6.03 Å². The number of carbonyl (C=O) groups excluding carboxylic acids is 1. The molecule has 28 heavy (non-hydrogen) atoms. The first-order valence-electron chi connectivity index (χ1n) is 8.29. The second kappa shape index (κ2) is 9.16. The number of rotatable bonds is 7. The molecule has 0 aliphatic heterocycles. The number of aromatic nitrogens is 2. The summed E-state index contributed by atoms with van der Waals surface area (Å²) in [5.74, 6) is 0.931. The molecule has 2 heterocycles. The number of amides is 2. The van der Waals surface area contributed by atoms with Crippen molar-refractivity contribution in [1.29, 1.82) is 5.26 Å². The molecule has 2 aromatic heterocycles. The predicted octanol–water partition coefficient (Wildman–Crippen LogP) is 3.28. The number of hydrogen-bond acceptors (Lipinski definition) is 7. The zero-order valence-electron chi connectivity index (χ0n) is 15.0. The van der Waals surface area contributed by atoms with Crippen molar-refractivity contribution < 1.29 is 18.7 Å². The minimum Gasteiger partial charge on any atom is -0.491 e. The van der Waals surface area contributed by atoms with Crippen LogP contribution in [0.25, 0.3) is 11.5 Å². The molecule has 0 spiro atoms. The van der Waals surface area contributed by atoms with Crippen LogP contribution in [0.5, 0.6) is 5.75 Å². The summed E-state index contributed by atoms with van der Waals surface area (Å²) in [6, 6.07) is 9.68. The number of oxazole rings is 1. The summed E-state index contributed by atoms with van der Waals surface area (Å²) in [5.41, 5.74) is 1.77. The molecule has 0 aliphatic carbocycles. The first-order valence-corrected chi connectivity index (χ1v) is 8.29. The van der Waals surface area contributed by atoms with Crippen LogP contribution in [0.3, 0.4) is 0 Å². The van der Waals surface area contributed by atoms with Gasteiger partial charge in [0.15, 0.2) is 0 Å². The Morgan fingerprint density at radius 1 is 1.21 bits per heavy atom. The summed E-state index contributed by atoms with van der Waals surface area (Å²) in [4.78, 5) is 20.4. The van der Waals surface area contributed by atoms with Gasteiger partial charge in [-0.3, -0.25) is 0 Å². The van der Waals surface area contributed by atoms with Crippen LogP contribution in [0.2, 0.25) is 0 Å². The van der Waals surface area contributed by atoms with Gasteiger partial charge in [0.2, 0.25) is 5.89 Å². The van der Waals surface area contributed by atoms with Gasteiger partial charge in [-0.25, -0.2) is 14.8 Å². The van der Waals surface area contributed by atoms with E-state index in [1.54, 1.807) is 31.4 Å². The molecule has 0 saturated heterocycles. The van der Waals surface area contributed by atoms with Gasteiger partial charge in [0, 0.05) is 7.11 Å². The van der Waals surface area contributed by atoms with Crippen LogP contribution < -0.4 is 15.4 Å². The first kappa shape index (κ1) is 18.9. The van der Waals surface area contributed by atoms with Crippen molar-refractivity contribution in [3.8, 4) is 23.3 Å². The highest BCUT2D eigenvalue weighted by molar-refractivity contribution is 6.02. The molecule has 2 amide bonds. The minimum absolute atomic E-state index is 0.265. The standard InChI is InChI=1S/C19H17N5O4/c1-26-8-9-27-15-4-5-17(16(10-15)18-21-6-7-28-18)24-19(25)23-14-3-2-13(11-20)22-12-14/h2-7,10,12H,8-9H2,1H3,(H2,23,24,25). The van der Waals surface area contributed by atoms with E-state index in [0.717, 1.165) is 0 Å². The van der Waals surface area contributed by atoms with Crippen molar-refractivity contribution in [3.05, 3.63) is 54.7 Å². The van der Waals surface area contributed by atoms with Gasteiger partial charge in [-0.15, -0.1) is 0 Å². The van der Waals surface area contributed by atoms with Gasteiger partial charge in [0.05, 0.1) is 35.9 Å². The Bertz CT molecular complexity index is 965. The highest BCUT2D eigenvalue weighted by Gasteiger charge is 2.14. The number of anilines is 2. The Hall–Kier alpha value is -3.90. The van der Waals surface area contributed by atoms with E-state index >= 15 is 0 Å². The average molecular weight is 379 g/mol. The molecule has 0 aliphatic rings. The van der Waals surface area contributed by atoms with Gasteiger partial charge in [0.1, 0.15) is 30.4 Å². The number of nitriles is 1. The van der Waals surface area contributed by atoms with E-state index in [-0.39, 0.29) is 5.69 Å². The molecule has 3 rings (SSSR count). The molecule has 0 saturated carbocycles. The van der Waals surface area contributed by atoms with Gasteiger partial charge >= 0.3 is 6.03 Å². The molecular formula is C19H17N5O4. The van der Waals surface area contributed by atoms with Crippen LogP contribution in [0.1, 0.15) is 5.69 Å². The highest BCUT2D eigenvalue weighted by atomic mass is 16.5. The maximum Gasteiger partial charge on any atom is 0.323 e. The fourth-order valence-electron chi connectivity index (χ4n) is 2.32. The summed E-state index contributed by atoms with van der Waals surface area (Å²) in [6.07, 6.45) is 4.36. The Kier molecular flexibility index (Phi) is 6.17. The van der Waals surface area contributed by atoms with Crippen LogP contribution in [0.15, 0.2) is 53.4 Å². The SMILES string of the molecule is COCCOc1ccc(NC(=O)Nc2ccc(C#N)nc2)c(-c2ncco2)c1. The van der Waals surface area contributed by atoms with Crippen molar-refractivity contribution in [2.75, 3.05) is 31.0 Å². The Labute approximate surface area is 160 Å². The van der Waals surface area contributed by atoms with E-state index in [9.17, 15) is 4.79 Å². The fraction of sp³-hybridized carbons (Fsp3) is 0.158. The number of hydrogen-bond donors (Lipinski definition) is 2. The number of urea groups is 1. The highest BCUT2D eigenvalue weighted by Crippen LogP contribution is 2.31. The lowest BCUT2D eigenvalue weighted by atomic mass is 10.1. The van der Waals surface area contributed by atoms with Crippen molar-refractivity contribution in [3.63, 3.8) is 0 Å². The molecular weight excluding hydrogens is 362 g/mol. The average Bonchev–Trinajstić information content (AvgIpc) is 3.24. The van der Waals surface area contributed by atoms with Crippen LogP contribution in [0, 0.1) is 11.3 Å². The topological polar surface area (TPSA) is 122 Å². The quantitative estimate of drug-likeness (QED) is 0.604. The zero-order chi connectivity index (χ0) is 19.8. The second-order valence-electron chi connectivity index (χ2n) is 5.51. The van der Waals surface area contributed by atoms with Gasteiger partial charge in [-0.05, 0) is 30.3 Å². The fourth-order valence-corrected chi connectivity index (χ4v) is 2.32. The molecule has 0 bridgehead atoms. The lowest BCUT2D eigenvalue weighted by Crippen LogP contribution is -2.20. The summed E-state index contributed by atoms with van der Waals surface area (Å²) < 4.78 is 15.9. The number of ether oxygens (including phenoxy) is 2. The molecule has 2 N–H and O–H groups in total. The number of nitrogens with zero attached hydrogens (tertiary/aromatic N) is 3. The minimum atomic E-state index is -0.479. The number of benzene rings is 1. The van der Waals surface area contributed by atoms with E-state index in [4.69, 9.17) is 19.2 Å². The van der Waals surface area contributed by atoms with E-state index in [2.05, 4.69) is 20.6 Å². The first-order chi connectivity index (χ1) is 13.7. The number of methoxy groups -OCH3 is 1. The van der Waals surface area contributed by atoms with E-state index in [1.165, 1.54) is 24.7 Å². The van der Waals surface area contributed by atoms with Crippen LogP contribution in [-0.4, -0.2) is 36.3 Å². The maximum atomic E-state index is 12.3. The molecule has 9 nitrogen and oxygen atoms in total. The molecule has 1 aromatic carbocycles. The summed E-state index contributed by atoms with van der Waals surface area (Å²) in [6.45, 7) is 0.843. The second-order valence-corrected chi connectivity index (χ2v) is 5.51. The molecule has 0 atom stereocenters.